The Morgan fingerprint density at radius 2 is 2.08 bits per heavy atom. The molecule has 2 aliphatic rings. The molecule has 0 unspecified atom stereocenters. The molecule has 1 aromatic rings. The van der Waals surface area contributed by atoms with Gasteiger partial charge in [-0.2, -0.15) is 5.10 Å². The number of likely N-dealkylation sites (N-methyl/N-ethyl adjacent to an activating group) is 1. The van der Waals surface area contributed by atoms with Gasteiger partial charge in [0.2, 0.25) is 5.91 Å². The lowest BCUT2D eigenvalue weighted by Crippen LogP contribution is -2.47. The van der Waals surface area contributed by atoms with Gasteiger partial charge < -0.3 is 16.0 Å². The fourth-order valence-electron chi connectivity index (χ4n) is 3.77. The average molecular weight is 348 g/mol. The van der Waals surface area contributed by atoms with Crippen LogP contribution in [-0.4, -0.2) is 64.7 Å². The topological polar surface area (TPSA) is 107 Å². The zero-order valence-corrected chi connectivity index (χ0v) is 15.2. The summed E-state index contributed by atoms with van der Waals surface area (Å²) in [6, 6.07) is -0.457. The summed E-state index contributed by atoms with van der Waals surface area (Å²) in [5.41, 5.74) is 8.58. The summed E-state index contributed by atoms with van der Waals surface area (Å²) in [6.07, 6.45) is 2.49. The fraction of sp³-hybridized carbons (Fsp3) is 0.706. The Balaban J connectivity index is 1.61. The number of amides is 3. The van der Waals surface area contributed by atoms with E-state index in [1.165, 1.54) is 30.4 Å². The highest BCUT2D eigenvalue weighted by Crippen LogP contribution is 2.41. The predicted octanol–water partition coefficient (Wildman–Crippen LogP) is 0.364. The molecule has 2 heterocycles. The van der Waals surface area contributed by atoms with Crippen molar-refractivity contribution < 1.29 is 9.59 Å². The Morgan fingerprint density at radius 3 is 2.64 bits per heavy atom. The van der Waals surface area contributed by atoms with Gasteiger partial charge in [-0.15, -0.1) is 0 Å². The first-order chi connectivity index (χ1) is 11.8. The number of hydrogen-bond donors (Lipinski definition) is 3. The number of hydrogen-bond acceptors (Lipinski definition) is 4. The molecule has 3 rings (SSSR count). The molecule has 1 saturated heterocycles. The number of primary amides is 1. The van der Waals surface area contributed by atoms with Crippen LogP contribution in [0.1, 0.15) is 29.8 Å². The van der Waals surface area contributed by atoms with E-state index in [0.29, 0.717) is 11.8 Å². The van der Waals surface area contributed by atoms with Crippen LogP contribution in [0.3, 0.4) is 0 Å². The molecule has 1 saturated carbocycles. The van der Waals surface area contributed by atoms with Gasteiger partial charge in [0.15, 0.2) is 0 Å². The molecule has 0 radical (unpaired) electrons. The van der Waals surface area contributed by atoms with E-state index in [-0.39, 0.29) is 18.5 Å². The largest absolute Gasteiger partial charge is 0.351 e. The Morgan fingerprint density at radius 1 is 1.36 bits per heavy atom. The normalized spacial score (nSPS) is 23.6. The standard InChI is InChI=1S/C17H28N6O2/c1-10-13(11(2)21-20-10)6-23-7-14(12-4-5-12)15(8-23)19-16(24)9-22(3)17(18)25/h12,14-15H,4-9H2,1-3H3,(H2,18,25)(H,19,24)(H,20,21)/t14-,15+/m1/s1. The lowest BCUT2D eigenvalue weighted by atomic mass is 9.98. The third-order valence-corrected chi connectivity index (χ3v) is 5.43. The minimum atomic E-state index is -0.590. The van der Waals surface area contributed by atoms with Gasteiger partial charge in [-0.25, -0.2) is 4.79 Å². The quantitative estimate of drug-likeness (QED) is 0.690. The predicted molar refractivity (Wildman–Crippen MR) is 93.7 cm³/mol. The van der Waals surface area contributed by atoms with Crippen LogP contribution in [-0.2, 0) is 11.3 Å². The molecular formula is C17H28N6O2. The molecule has 8 heteroatoms. The molecular weight excluding hydrogens is 320 g/mol. The van der Waals surface area contributed by atoms with Gasteiger partial charge in [0.1, 0.15) is 6.54 Å². The van der Waals surface area contributed by atoms with E-state index in [1.54, 1.807) is 0 Å². The molecule has 8 nitrogen and oxygen atoms in total. The Hall–Kier alpha value is -2.09. The highest BCUT2D eigenvalue weighted by molar-refractivity contribution is 5.83. The number of nitrogens with two attached hydrogens (primary N) is 1. The van der Waals surface area contributed by atoms with Gasteiger partial charge in [0.05, 0.1) is 5.69 Å². The number of likely N-dealkylation sites (tertiary alicyclic amines) is 1. The van der Waals surface area contributed by atoms with Crippen molar-refractivity contribution in [3.63, 3.8) is 0 Å². The summed E-state index contributed by atoms with van der Waals surface area (Å²) in [5, 5.41) is 10.4. The van der Waals surface area contributed by atoms with E-state index in [1.807, 2.05) is 13.8 Å². The van der Waals surface area contributed by atoms with E-state index in [9.17, 15) is 9.59 Å². The van der Waals surface area contributed by atoms with Crippen molar-refractivity contribution in [3.05, 3.63) is 17.0 Å². The van der Waals surface area contributed by atoms with Crippen molar-refractivity contribution in [3.8, 4) is 0 Å². The summed E-state index contributed by atoms with van der Waals surface area (Å²) >= 11 is 0. The van der Waals surface area contributed by atoms with E-state index >= 15 is 0 Å². The fourth-order valence-corrected chi connectivity index (χ4v) is 3.77. The van der Waals surface area contributed by atoms with Gasteiger partial charge in [-0.3, -0.25) is 14.8 Å². The molecule has 138 valence electrons. The summed E-state index contributed by atoms with van der Waals surface area (Å²) in [4.78, 5) is 27.0. The second-order valence-corrected chi connectivity index (χ2v) is 7.48. The number of nitrogens with zero attached hydrogens (tertiary/aromatic N) is 3. The van der Waals surface area contributed by atoms with E-state index in [0.717, 1.165) is 31.0 Å². The van der Waals surface area contributed by atoms with Gasteiger partial charge in [0, 0.05) is 44.0 Å². The number of aromatic amines is 1. The maximum absolute atomic E-state index is 12.2. The maximum atomic E-state index is 12.2. The SMILES string of the molecule is Cc1n[nH]c(C)c1CN1C[C@H](NC(=O)CN(C)C(N)=O)[C@@H](C2CC2)C1. The molecule has 1 aromatic heterocycles. The number of H-pyrrole nitrogens is 1. The number of aryl methyl sites for hydroxylation is 2. The summed E-state index contributed by atoms with van der Waals surface area (Å²) in [6.45, 7) is 6.74. The van der Waals surface area contributed by atoms with Gasteiger partial charge >= 0.3 is 6.03 Å². The van der Waals surface area contributed by atoms with Crippen molar-refractivity contribution in [2.24, 2.45) is 17.6 Å². The zero-order valence-electron chi connectivity index (χ0n) is 15.2. The molecule has 25 heavy (non-hydrogen) atoms. The molecule has 0 aromatic carbocycles. The van der Waals surface area contributed by atoms with Crippen LogP contribution < -0.4 is 11.1 Å². The van der Waals surface area contributed by atoms with Crippen molar-refractivity contribution in [1.29, 1.82) is 0 Å². The minimum absolute atomic E-state index is 0.00314. The van der Waals surface area contributed by atoms with Gasteiger partial charge in [-0.1, -0.05) is 0 Å². The molecule has 2 fully saturated rings. The van der Waals surface area contributed by atoms with Gasteiger partial charge in [0.25, 0.3) is 0 Å². The average Bonchev–Trinajstić information content (AvgIpc) is 3.25. The Kier molecular flexibility index (Phi) is 4.99. The lowest BCUT2D eigenvalue weighted by Gasteiger charge is -2.21. The molecule has 3 amide bonds. The number of carbonyl (C=O) groups excluding carboxylic acids is 2. The van der Waals surface area contributed by atoms with Crippen molar-refractivity contribution in [2.75, 3.05) is 26.7 Å². The minimum Gasteiger partial charge on any atom is -0.351 e. The summed E-state index contributed by atoms with van der Waals surface area (Å²) in [7, 11) is 1.53. The van der Waals surface area contributed by atoms with Crippen LogP contribution >= 0.6 is 0 Å². The molecule has 0 bridgehead atoms. The number of rotatable bonds is 6. The third kappa shape index (κ3) is 4.12. The summed E-state index contributed by atoms with van der Waals surface area (Å²) in [5.74, 6) is 1.04. The monoisotopic (exact) mass is 348 g/mol. The molecule has 4 N–H and O–H groups in total. The van der Waals surface area contributed by atoms with Crippen LogP contribution in [0.5, 0.6) is 0 Å². The van der Waals surface area contributed by atoms with Crippen LogP contribution in [0.4, 0.5) is 4.79 Å². The van der Waals surface area contributed by atoms with Crippen LogP contribution in [0.25, 0.3) is 0 Å². The number of carbonyl (C=O) groups is 2. The van der Waals surface area contributed by atoms with Gasteiger partial charge in [-0.05, 0) is 38.5 Å². The van der Waals surface area contributed by atoms with Crippen LogP contribution in [0, 0.1) is 25.7 Å². The maximum Gasteiger partial charge on any atom is 0.314 e. The third-order valence-electron chi connectivity index (χ3n) is 5.43. The summed E-state index contributed by atoms with van der Waals surface area (Å²) < 4.78 is 0. The van der Waals surface area contributed by atoms with Crippen LogP contribution in [0.15, 0.2) is 0 Å². The van der Waals surface area contributed by atoms with E-state index < -0.39 is 6.03 Å². The first kappa shape index (κ1) is 17.7. The number of nitrogens with one attached hydrogen (secondary N) is 2. The first-order valence-electron chi connectivity index (χ1n) is 8.88. The molecule has 0 spiro atoms. The number of aromatic nitrogens is 2. The first-order valence-corrected chi connectivity index (χ1v) is 8.88. The second kappa shape index (κ2) is 7.03. The van der Waals surface area contributed by atoms with Crippen molar-refractivity contribution in [2.45, 2.75) is 39.3 Å². The zero-order chi connectivity index (χ0) is 18.1. The number of urea groups is 1. The Bertz CT molecular complexity index is 634. The smallest absolute Gasteiger partial charge is 0.314 e. The Labute approximate surface area is 148 Å². The lowest BCUT2D eigenvalue weighted by molar-refractivity contribution is -0.122. The van der Waals surface area contributed by atoms with Crippen molar-refractivity contribution >= 4 is 11.9 Å². The second-order valence-electron chi connectivity index (χ2n) is 7.48. The highest BCUT2D eigenvalue weighted by Gasteiger charge is 2.43. The molecule has 2 atom stereocenters. The van der Waals surface area contributed by atoms with Crippen molar-refractivity contribution in [1.82, 2.24) is 25.3 Å². The van der Waals surface area contributed by atoms with Crippen LogP contribution in [0.2, 0.25) is 0 Å². The molecule has 1 aliphatic heterocycles. The van der Waals surface area contributed by atoms with E-state index in [4.69, 9.17) is 5.73 Å². The van der Waals surface area contributed by atoms with E-state index in [2.05, 4.69) is 20.4 Å². The highest BCUT2D eigenvalue weighted by atomic mass is 16.2. The molecule has 1 aliphatic carbocycles.